The molecule has 0 aromatic heterocycles. The number of amides is 1. The van der Waals surface area contributed by atoms with Crippen LogP contribution in [-0.2, 0) is 14.3 Å². The topological polar surface area (TPSA) is 86.7 Å². The molecular weight excluding hydrogens is 222 g/mol. The fourth-order valence-corrected chi connectivity index (χ4v) is 1.94. The van der Waals surface area contributed by atoms with E-state index in [4.69, 9.17) is 0 Å². The smallest absolute Gasteiger partial charge is 0.264 e. The summed E-state index contributed by atoms with van der Waals surface area (Å²) in [5.41, 5.74) is 0. The number of hydrogen-bond acceptors (Lipinski definition) is 5. The van der Waals surface area contributed by atoms with E-state index < -0.39 is 16.2 Å². The fraction of sp³-hybridized carbons (Fsp3) is 0.875. The van der Waals surface area contributed by atoms with E-state index in [-0.39, 0.29) is 12.5 Å². The van der Waals surface area contributed by atoms with Crippen molar-refractivity contribution in [1.29, 1.82) is 0 Å². The van der Waals surface area contributed by atoms with Gasteiger partial charge in [0.15, 0.2) is 0 Å². The van der Waals surface area contributed by atoms with Crippen molar-refractivity contribution in [2.24, 2.45) is 5.92 Å². The van der Waals surface area contributed by atoms with Gasteiger partial charge in [0.2, 0.25) is 0 Å². The molecule has 1 amide bonds. The number of carbonyl (C=O) groups is 1. The Morgan fingerprint density at radius 3 is 2.40 bits per heavy atom. The van der Waals surface area contributed by atoms with Crippen molar-refractivity contribution in [2.75, 3.05) is 26.0 Å². The van der Waals surface area contributed by atoms with E-state index in [9.17, 15) is 18.3 Å². The van der Waals surface area contributed by atoms with Crippen molar-refractivity contribution in [3.63, 3.8) is 0 Å². The first-order valence-corrected chi connectivity index (χ1v) is 6.50. The standard InChI is InChI=1S/C8H15NO5S/c1-15(12,13)14-6-7-2-4-9(5-3-7)8(10)11/h7H,2-6H2,1H3,(H,10,11)/p-1. The minimum Gasteiger partial charge on any atom is -0.530 e. The molecule has 0 aromatic carbocycles. The molecule has 0 N–H and O–H groups in total. The molecule has 0 aliphatic carbocycles. The van der Waals surface area contributed by atoms with Crippen molar-refractivity contribution < 1.29 is 22.5 Å². The third-order valence-corrected chi connectivity index (χ3v) is 2.95. The van der Waals surface area contributed by atoms with Crippen molar-refractivity contribution in [3.05, 3.63) is 0 Å². The van der Waals surface area contributed by atoms with Crippen LogP contribution in [0.5, 0.6) is 0 Å². The Kier molecular flexibility index (Phi) is 3.92. The van der Waals surface area contributed by atoms with Crippen LogP contribution in [0.1, 0.15) is 12.8 Å². The summed E-state index contributed by atoms with van der Waals surface area (Å²) >= 11 is 0. The van der Waals surface area contributed by atoms with E-state index in [1.807, 2.05) is 0 Å². The first kappa shape index (κ1) is 12.3. The van der Waals surface area contributed by atoms with Gasteiger partial charge in [-0.25, -0.2) is 0 Å². The van der Waals surface area contributed by atoms with Crippen LogP contribution in [0, 0.1) is 5.92 Å². The van der Waals surface area contributed by atoms with Crippen LogP contribution >= 0.6 is 0 Å². The first-order chi connectivity index (χ1) is 6.88. The van der Waals surface area contributed by atoms with Crippen LogP contribution < -0.4 is 5.11 Å². The maximum absolute atomic E-state index is 10.7. The van der Waals surface area contributed by atoms with E-state index in [0.717, 1.165) is 6.26 Å². The molecule has 1 heterocycles. The molecule has 0 atom stereocenters. The predicted molar refractivity (Wildman–Crippen MR) is 50.5 cm³/mol. The normalized spacial score (nSPS) is 19.1. The van der Waals surface area contributed by atoms with Gasteiger partial charge in [0.25, 0.3) is 10.1 Å². The SMILES string of the molecule is CS(=O)(=O)OCC1CCN(C(=O)[O-])CC1. The predicted octanol–water partition coefficient (Wildman–Crippen LogP) is -0.982. The zero-order valence-corrected chi connectivity index (χ0v) is 9.33. The summed E-state index contributed by atoms with van der Waals surface area (Å²) in [6.45, 7) is 0.917. The number of nitrogens with zero attached hydrogens (tertiary/aromatic N) is 1. The van der Waals surface area contributed by atoms with E-state index >= 15 is 0 Å². The van der Waals surface area contributed by atoms with Crippen molar-refractivity contribution >= 4 is 16.2 Å². The minimum absolute atomic E-state index is 0.107. The maximum atomic E-state index is 10.7. The molecular formula is C8H14NO5S-. The number of likely N-dealkylation sites (tertiary alicyclic amines) is 1. The van der Waals surface area contributed by atoms with E-state index in [0.29, 0.717) is 25.9 Å². The van der Waals surface area contributed by atoms with E-state index in [2.05, 4.69) is 4.18 Å². The molecule has 1 aliphatic rings. The Hall–Kier alpha value is -0.820. The van der Waals surface area contributed by atoms with Gasteiger partial charge in [-0.1, -0.05) is 0 Å². The third-order valence-electron chi connectivity index (χ3n) is 2.39. The molecule has 0 unspecified atom stereocenters. The van der Waals surface area contributed by atoms with Crippen LogP contribution in [0.25, 0.3) is 0 Å². The van der Waals surface area contributed by atoms with Crippen molar-refractivity contribution in [3.8, 4) is 0 Å². The fourth-order valence-electron chi connectivity index (χ4n) is 1.50. The highest BCUT2D eigenvalue weighted by Gasteiger charge is 2.20. The Bertz CT molecular complexity index is 318. The van der Waals surface area contributed by atoms with Gasteiger partial charge >= 0.3 is 0 Å². The molecule has 15 heavy (non-hydrogen) atoms. The van der Waals surface area contributed by atoms with Gasteiger partial charge in [0.05, 0.1) is 12.9 Å². The molecule has 1 fully saturated rings. The molecule has 1 aliphatic heterocycles. The lowest BCUT2D eigenvalue weighted by molar-refractivity contribution is -0.266. The average Bonchev–Trinajstić information content (AvgIpc) is 2.14. The Balaban J connectivity index is 2.29. The quantitative estimate of drug-likeness (QED) is 0.588. The van der Waals surface area contributed by atoms with Crippen LogP contribution in [0.2, 0.25) is 0 Å². The Morgan fingerprint density at radius 1 is 1.47 bits per heavy atom. The Labute approximate surface area is 89.0 Å². The van der Waals surface area contributed by atoms with Crippen molar-refractivity contribution in [2.45, 2.75) is 12.8 Å². The van der Waals surface area contributed by atoms with Gasteiger partial charge in [-0.3, -0.25) is 4.18 Å². The summed E-state index contributed by atoms with van der Waals surface area (Å²) in [5.74, 6) is 0.107. The lowest BCUT2D eigenvalue weighted by atomic mass is 9.98. The highest BCUT2D eigenvalue weighted by molar-refractivity contribution is 7.85. The Morgan fingerprint density at radius 2 is 2.00 bits per heavy atom. The number of rotatable bonds is 3. The second-order valence-corrected chi connectivity index (χ2v) is 5.33. The van der Waals surface area contributed by atoms with Gasteiger partial charge in [0.1, 0.15) is 6.09 Å². The molecule has 1 saturated heterocycles. The minimum atomic E-state index is -3.40. The zero-order valence-electron chi connectivity index (χ0n) is 8.51. The molecule has 0 bridgehead atoms. The molecule has 7 heteroatoms. The molecule has 0 spiro atoms. The molecule has 0 radical (unpaired) electrons. The summed E-state index contributed by atoms with van der Waals surface area (Å²) < 4.78 is 26.1. The summed E-state index contributed by atoms with van der Waals surface area (Å²) in [4.78, 5) is 11.7. The molecule has 0 aromatic rings. The summed E-state index contributed by atoms with van der Waals surface area (Å²) in [5, 5.41) is 10.5. The number of carbonyl (C=O) groups excluding carboxylic acids is 1. The van der Waals surface area contributed by atoms with Gasteiger partial charge < -0.3 is 14.8 Å². The molecule has 88 valence electrons. The average molecular weight is 236 g/mol. The van der Waals surface area contributed by atoms with Gasteiger partial charge in [-0.2, -0.15) is 8.42 Å². The highest BCUT2D eigenvalue weighted by Crippen LogP contribution is 2.17. The maximum Gasteiger partial charge on any atom is 0.264 e. The molecule has 6 nitrogen and oxygen atoms in total. The number of hydrogen-bond donors (Lipinski definition) is 0. The lowest BCUT2D eigenvalue weighted by Gasteiger charge is -2.33. The van der Waals surface area contributed by atoms with Gasteiger partial charge in [-0.15, -0.1) is 0 Å². The van der Waals surface area contributed by atoms with Crippen LogP contribution in [0.4, 0.5) is 4.79 Å². The molecule has 0 saturated carbocycles. The van der Waals surface area contributed by atoms with Crippen LogP contribution in [-0.4, -0.2) is 45.4 Å². The van der Waals surface area contributed by atoms with Crippen molar-refractivity contribution in [1.82, 2.24) is 4.90 Å². The second kappa shape index (κ2) is 4.80. The largest absolute Gasteiger partial charge is 0.530 e. The lowest BCUT2D eigenvalue weighted by Crippen LogP contribution is -2.46. The summed E-state index contributed by atoms with van der Waals surface area (Å²) in [6, 6.07) is 0. The third kappa shape index (κ3) is 4.48. The first-order valence-electron chi connectivity index (χ1n) is 4.69. The monoisotopic (exact) mass is 236 g/mol. The molecule has 1 rings (SSSR count). The summed E-state index contributed by atoms with van der Waals surface area (Å²) in [6.07, 6.45) is 1.06. The highest BCUT2D eigenvalue weighted by atomic mass is 32.2. The van der Waals surface area contributed by atoms with Gasteiger partial charge in [-0.05, 0) is 18.8 Å². The van der Waals surface area contributed by atoms with E-state index in [1.54, 1.807) is 0 Å². The zero-order chi connectivity index (χ0) is 11.5. The van der Waals surface area contributed by atoms with Gasteiger partial charge in [0, 0.05) is 13.1 Å². The summed E-state index contributed by atoms with van der Waals surface area (Å²) in [7, 11) is -3.40. The number of carboxylic acid groups (broad SMARTS) is 1. The van der Waals surface area contributed by atoms with Crippen LogP contribution in [0.3, 0.4) is 0 Å². The second-order valence-electron chi connectivity index (χ2n) is 3.68. The number of piperidine rings is 1. The van der Waals surface area contributed by atoms with Crippen LogP contribution in [0.15, 0.2) is 0 Å². The van der Waals surface area contributed by atoms with E-state index in [1.165, 1.54) is 4.90 Å².